The Labute approximate surface area is 222 Å². The average Bonchev–Trinajstić information content (AvgIpc) is 3.57. The molecule has 1 atom stereocenters. The van der Waals surface area contributed by atoms with E-state index in [0.29, 0.717) is 23.6 Å². The molecule has 1 aromatic heterocycles. The van der Waals surface area contributed by atoms with Crippen molar-refractivity contribution in [2.75, 3.05) is 34.0 Å². The number of nitrogens with zero attached hydrogens (tertiary/aromatic N) is 3. The summed E-state index contributed by atoms with van der Waals surface area (Å²) in [6, 6.07) is 12.6. The SMILES string of the molecule is COCCn1c(CN(C[C@@H]2CCCO2)C(=O)c2ccccc2F)cnc1S(=O)(=O)Cc1cccc(OC)c1. The van der Waals surface area contributed by atoms with Gasteiger partial charge in [-0.1, -0.05) is 24.3 Å². The van der Waals surface area contributed by atoms with Crippen LogP contribution < -0.4 is 4.74 Å². The molecule has 1 fully saturated rings. The number of halogens is 1. The summed E-state index contributed by atoms with van der Waals surface area (Å²) in [4.78, 5) is 19.2. The molecular weight excluding hydrogens is 513 g/mol. The Bertz CT molecular complexity index is 1350. The predicted molar refractivity (Wildman–Crippen MR) is 138 cm³/mol. The van der Waals surface area contributed by atoms with Crippen LogP contribution in [0.25, 0.3) is 0 Å². The Morgan fingerprint density at radius 2 is 2.03 bits per heavy atom. The lowest BCUT2D eigenvalue weighted by molar-refractivity contribution is 0.0497. The summed E-state index contributed by atoms with van der Waals surface area (Å²) in [5.41, 5.74) is 0.996. The Kier molecular flexibility index (Phi) is 9.13. The fourth-order valence-corrected chi connectivity index (χ4v) is 5.99. The fraction of sp³-hybridized carbons (Fsp3) is 0.407. The minimum Gasteiger partial charge on any atom is -0.497 e. The second-order valence-electron chi connectivity index (χ2n) is 9.09. The van der Waals surface area contributed by atoms with E-state index in [4.69, 9.17) is 14.2 Å². The van der Waals surface area contributed by atoms with Crippen LogP contribution in [0.1, 0.15) is 34.5 Å². The highest BCUT2D eigenvalue weighted by Gasteiger charge is 2.29. The van der Waals surface area contributed by atoms with Crippen molar-refractivity contribution >= 4 is 15.7 Å². The molecule has 2 heterocycles. The van der Waals surface area contributed by atoms with Crippen molar-refractivity contribution in [2.45, 2.75) is 42.9 Å². The van der Waals surface area contributed by atoms with Crippen LogP contribution in [-0.2, 0) is 38.2 Å². The molecule has 0 saturated carbocycles. The number of benzene rings is 2. The number of methoxy groups -OCH3 is 2. The van der Waals surface area contributed by atoms with Crippen LogP contribution in [0.15, 0.2) is 59.9 Å². The predicted octanol–water partition coefficient (Wildman–Crippen LogP) is 3.47. The molecule has 0 radical (unpaired) electrons. The third-order valence-corrected chi connectivity index (χ3v) is 7.98. The van der Waals surface area contributed by atoms with Crippen molar-refractivity contribution in [3.8, 4) is 5.75 Å². The molecule has 3 aromatic rings. The third kappa shape index (κ3) is 6.58. The highest BCUT2D eigenvalue weighted by atomic mass is 32.2. The number of ether oxygens (including phenoxy) is 3. The summed E-state index contributed by atoms with van der Waals surface area (Å²) in [6.07, 6.45) is 2.93. The molecule has 1 aliphatic heterocycles. The van der Waals surface area contributed by atoms with E-state index in [0.717, 1.165) is 12.8 Å². The summed E-state index contributed by atoms with van der Waals surface area (Å²) in [5, 5.41) is -0.122. The molecule has 0 aliphatic carbocycles. The quantitative estimate of drug-likeness (QED) is 0.344. The highest BCUT2D eigenvalue weighted by Crippen LogP contribution is 2.23. The van der Waals surface area contributed by atoms with Gasteiger partial charge in [-0.3, -0.25) is 4.79 Å². The lowest BCUT2D eigenvalue weighted by Crippen LogP contribution is -2.38. The van der Waals surface area contributed by atoms with Gasteiger partial charge in [0, 0.05) is 26.8 Å². The van der Waals surface area contributed by atoms with Gasteiger partial charge in [0.25, 0.3) is 5.91 Å². The van der Waals surface area contributed by atoms with Crippen LogP contribution in [-0.4, -0.2) is 68.9 Å². The first kappa shape index (κ1) is 27.7. The van der Waals surface area contributed by atoms with E-state index in [2.05, 4.69) is 4.98 Å². The zero-order valence-electron chi connectivity index (χ0n) is 21.5. The molecule has 0 spiro atoms. The number of rotatable bonds is 12. The molecule has 11 heteroatoms. The normalized spacial score (nSPS) is 15.5. The molecule has 9 nitrogen and oxygen atoms in total. The lowest BCUT2D eigenvalue weighted by Gasteiger charge is -2.26. The molecule has 0 N–H and O–H groups in total. The summed E-state index contributed by atoms with van der Waals surface area (Å²) in [5.74, 6) is -0.845. The molecule has 38 heavy (non-hydrogen) atoms. The number of sulfone groups is 1. The molecule has 0 bridgehead atoms. The van der Waals surface area contributed by atoms with Gasteiger partial charge in [-0.25, -0.2) is 17.8 Å². The Balaban J connectivity index is 1.66. The van der Waals surface area contributed by atoms with Gasteiger partial charge in [0.2, 0.25) is 15.0 Å². The third-order valence-electron chi connectivity index (χ3n) is 6.38. The minimum absolute atomic E-state index is 0.0262. The van der Waals surface area contributed by atoms with Crippen LogP contribution in [0.5, 0.6) is 5.75 Å². The van der Waals surface area contributed by atoms with Gasteiger partial charge in [-0.15, -0.1) is 0 Å². The van der Waals surface area contributed by atoms with Crippen LogP contribution in [0.2, 0.25) is 0 Å². The van der Waals surface area contributed by atoms with Gasteiger partial charge in [0.1, 0.15) is 11.6 Å². The smallest absolute Gasteiger partial charge is 0.257 e. The van der Waals surface area contributed by atoms with Gasteiger partial charge >= 0.3 is 0 Å². The maximum absolute atomic E-state index is 14.5. The molecule has 204 valence electrons. The second-order valence-corrected chi connectivity index (χ2v) is 11.0. The first-order valence-corrected chi connectivity index (χ1v) is 14.0. The van der Waals surface area contributed by atoms with E-state index in [1.165, 1.54) is 43.5 Å². The van der Waals surface area contributed by atoms with Gasteiger partial charge in [0.05, 0.1) is 49.6 Å². The summed E-state index contributed by atoms with van der Waals surface area (Å²) >= 11 is 0. The van der Waals surface area contributed by atoms with Gasteiger partial charge in [-0.2, -0.15) is 0 Å². The Morgan fingerprint density at radius 3 is 2.74 bits per heavy atom. The topological polar surface area (TPSA) is 100.0 Å². The zero-order valence-corrected chi connectivity index (χ0v) is 22.3. The fourth-order valence-electron chi connectivity index (χ4n) is 4.49. The minimum atomic E-state index is -3.86. The number of hydrogen-bond donors (Lipinski definition) is 0. The molecular formula is C27H32FN3O6S. The van der Waals surface area contributed by atoms with E-state index in [1.54, 1.807) is 34.9 Å². The Morgan fingerprint density at radius 1 is 1.21 bits per heavy atom. The van der Waals surface area contributed by atoms with Crippen molar-refractivity contribution in [3.05, 3.63) is 77.4 Å². The number of amides is 1. The van der Waals surface area contributed by atoms with Crippen LogP contribution in [0.3, 0.4) is 0 Å². The first-order chi connectivity index (χ1) is 18.3. The van der Waals surface area contributed by atoms with E-state index >= 15 is 0 Å². The molecule has 1 aliphatic rings. The van der Waals surface area contributed by atoms with Crippen LogP contribution in [0, 0.1) is 5.82 Å². The van der Waals surface area contributed by atoms with Gasteiger partial charge in [0.15, 0.2) is 0 Å². The highest BCUT2D eigenvalue weighted by molar-refractivity contribution is 7.90. The summed E-state index contributed by atoms with van der Waals surface area (Å²) in [7, 11) is -0.827. The Hall–Kier alpha value is -3.28. The van der Waals surface area contributed by atoms with E-state index in [9.17, 15) is 17.6 Å². The molecule has 4 rings (SSSR count). The number of carbonyl (C=O) groups excluding carboxylic acids is 1. The van der Waals surface area contributed by atoms with Crippen molar-refractivity contribution in [3.63, 3.8) is 0 Å². The van der Waals surface area contributed by atoms with E-state index < -0.39 is 21.6 Å². The van der Waals surface area contributed by atoms with Crippen LogP contribution >= 0.6 is 0 Å². The number of carbonyl (C=O) groups is 1. The number of imidazole rings is 1. The largest absolute Gasteiger partial charge is 0.497 e. The van der Waals surface area contributed by atoms with Crippen molar-refractivity contribution < 1.29 is 31.8 Å². The van der Waals surface area contributed by atoms with E-state index in [1.807, 2.05) is 0 Å². The molecule has 1 saturated heterocycles. The van der Waals surface area contributed by atoms with Gasteiger partial charge < -0.3 is 23.7 Å². The van der Waals surface area contributed by atoms with Crippen molar-refractivity contribution in [1.82, 2.24) is 14.5 Å². The van der Waals surface area contributed by atoms with Crippen molar-refractivity contribution in [2.24, 2.45) is 0 Å². The summed E-state index contributed by atoms with van der Waals surface area (Å²) in [6.45, 7) is 1.32. The molecule has 0 unspecified atom stereocenters. The maximum atomic E-state index is 14.5. The number of aromatic nitrogens is 2. The summed E-state index contributed by atoms with van der Waals surface area (Å²) < 4.78 is 59.1. The van der Waals surface area contributed by atoms with Crippen LogP contribution in [0.4, 0.5) is 4.39 Å². The standard InChI is InChI=1S/C27H32FN3O6S/c1-35-14-12-31-21(16-29-27(31)38(33,34)19-20-7-5-8-22(15-20)36-2)17-30(18-23-9-6-13-37-23)26(32)24-10-3-4-11-25(24)28/h3-5,7-8,10-11,15-16,23H,6,9,12-14,17-19H2,1-2H3/t23-/m0/s1. The van der Waals surface area contributed by atoms with Gasteiger partial charge in [-0.05, 0) is 42.7 Å². The number of hydrogen-bond acceptors (Lipinski definition) is 7. The molecule has 1 amide bonds. The van der Waals surface area contributed by atoms with E-state index in [-0.39, 0.29) is 48.8 Å². The monoisotopic (exact) mass is 545 g/mol. The molecule has 2 aromatic carbocycles. The lowest BCUT2D eigenvalue weighted by atomic mass is 10.1. The second kappa shape index (κ2) is 12.5. The maximum Gasteiger partial charge on any atom is 0.257 e. The first-order valence-electron chi connectivity index (χ1n) is 12.4. The average molecular weight is 546 g/mol. The zero-order chi connectivity index (χ0) is 27.1. The van der Waals surface area contributed by atoms with Crippen molar-refractivity contribution in [1.29, 1.82) is 0 Å².